The highest BCUT2D eigenvalue weighted by Gasteiger charge is 2.26. The number of aryl methyl sites for hydroxylation is 1. The first kappa shape index (κ1) is 13.3. The lowest BCUT2D eigenvalue weighted by atomic mass is 10.1. The normalized spacial score (nSPS) is 17.5. The van der Waals surface area contributed by atoms with E-state index >= 15 is 0 Å². The van der Waals surface area contributed by atoms with Crippen molar-refractivity contribution in [3.05, 3.63) is 70.8 Å². The zero-order valence-electron chi connectivity index (χ0n) is 11.4. The number of hydrogen-bond acceptors (Lipinski definition) is 1. The van der Waals surface area contributed by atoms with E-state index in [1.165, 1.54) is 11.1 Å². The average molecular weight is 273 g/mol. The van der Waals surface area contributed by atoms with Gasteiger partial charge in [0.1, 0.15) is 0 Å². The van der Waals surface area contributed by atoms with Crippen LogP contribution < -0.4 is 0 Å². The summed E-state index contributed by atoms with van der Waals surface area (Å²) in [6.07, 6.45) is 2.09. The van der Waals surface area contributed by atoms with Crippen LogP contribution in [0.1, 0.15) is 29.2 Å². The molecule has 0 N–H and O–H groups in total. The molecule has 0 saturated carbocycles. The minimum atomic E-state index is -0.775. The highest BCUT2D eigenvalue weighted by molar-refractivity contribution is 5.34. The van der Waals surface area contributed by atoms with Crippen molar-refractivity contribution in [2.75, 3.05) is 7.05 Å². The van der Waals surface area contributed by atoms with E-state index in [2.05, 4.69) is 17.0 Å². The molecule has 0 aromatic heterocycles. The van der Waals surface area contributed by atoms with Gasteiger partial charge >= 0.3 is 0 Å². The summed E-state index contributed by atoms with van der Waals surface area (Å²) < 4.78 is 27.0. The molecule has 3 heteroatoms. The van der Waals surface area contributed by atoms with Crippen molar-refractivity contribution in [3.8, 4) is 0 Å². The summed E-state index contributed by atoms with van der Waals surface area (Å²) in [7, 11) is 1.97. The number of nitrogens with zero attached hydrogens (tertiary/aromatic N) is 1. The van der Waals surface area contributed by atoms with Crippen LogP contribution in [0.5, 0.6) is 0 Å². The summed E-state index contributed by atoms with van der Waals surface area (Å²) in [6.45, 7) is 0.419. The largest absolute Gasteiger partial charge is 0.295 e. The lowest BCUT2D eigenvalue weighted by Gasteiger charge is -2.25. The Kier molecular flexibility index (Phi) is 3.53. The topological polar surface area (TPSA) is 3.24 Å². The highest BCUT2D eigenvalue weighted by atomic mass is 19.2. The maximum atomic E-state index is 13.7. The Balaban J connectivity index is 1.81. The predicted molar refractivity (Wildman–Crippen MR) is 75.3 cm³/mol. The molecular formula is C17H17F2N. The van der Waals surface area contributed by atoms with Gasteiger partial charge in [0.25, 0.3) is 0 Å². The smallest absolute Gasteiger partial charge is 0.163 e. The number of rotatable bonds is 3. The Morgan fingerprint density at radius 2 is 1.90 bits per heavy atom. The van der Waals surface area contributed by atoms with Crippen molar-refractivity contribution in [2.45, 2.75) is 25.4 Å². The molecule has 0 fully saturated rings. The summed E-state index contributed by atoms with van der Waals surface area (Å²) in [5, 5.41) is 0. The molecule has 2 aromatic rings. The van der Waals surface area contributed by atoms with Gasteiger partial charge in [-0.3, -0.25) is 4.90 Å². The summed E-state index contributed by atoms with van der Waals surface area (Å²) in [4.78, 5) is 2.10. The molecule has 3 rings (SSSR count). The molecule has 0 amide bonds. The Morgan fingerprint density at radius 3 is 2.75 bits per heavy atom. The Morgan fingerprint density at radius 1 is 1.10 bits per heavy atom. The van der Waals surface area contributed by atoms with Gasteiger partial charge in [-0.1, -0.05) is 36.4 Å². The molecule has 2 aromatic carbocycles. The predicted octanol–water partition coefficient (Wildman–Crippen LogP) is 4.08. The van der Waals surface area contributed by atoms with Crippen LogP contribution in [0.25, 0.3) is 0 Å². The first-order valence-corrected chi connectivity index (χ1v) is 6.88. The summed E-state index contributed by atoms with van der Waals surface area (Å²) >= 11 is 0. The SMILES string of the molecule is CN(Cc1cccc(F)c1F)C1CCc2ccccc21. The van der Waals surface area contributed by atoms with Gasteiger partial charge in [-0.15, -0.1) is 0 Å². The average Bonchev–Trinajstić information content (AvgIpc) is 2.88. The van der Waals surface area contributed by atoms with E-state index in [0.717, 1.165) is 18.9 Å². The molecule has 0 heterocycles. The van der Waals surface area contributed by atoms with E-state index in [-0.39, 0.29) is 6.04 Å². The fourth-order valence-corrected chi connectivity index (χ4v) is 3.04. The second-order valence-electron chi connectivity index (χ2n) is 5.38. The van der Waals surface area contributed by atoms with Crippen molar-refractivity contribution in [3.63, 3.8) is 0 Å². The Labute approximate surface area is 117 Å². The van der Waals surface area contributed by atoms with Gasteiger partial charge in [0, 0.05) is 18.2 Å². The van der Waals surface area contributed by atoms with E-state index in [9.17, 15) is 8.78 Å². The molecule has 1 unspecified atom stereocenters. The standard InChI is InChI=1S/C17H17F2N/c1-20(11-13-6-4-8-15(18)17(13)19)16-10-9-12-5-2-3-7-14(12)16/h2-8,16H,9-11H2,1H3. The molecule has 0 spiro atoms. The fourth-order valence-electron chi connectivity index (χ4n) is 3.04. The van der Waals surface area contributed by atoms with Crippen molar-refractivity contribution in [1.29, 1.82) is 0 Å². The highest BCUT2D eigenvalue weighted by Crippen LogP contribution is 2.35. The van der Waals surface area contributed by atoms with Gasteiger partial charge in [-0.25, -0.2) is 8.78 Å². The maximum Gasteiger partial charge on any atom is 0.163 e. The Bertz CT molecular complexity index is 624. The first-order valence-electron chi connectivity index (χ1n) is 6.88. The minimum Gasteiger partial charge on any atom is -0.295 e. The zero-order chi connectivity index (χ0) is 14.1. The Hall–Kier alpha value is -1.74. The van der Waals surface area contributed by atoms with Gasteiger partial charge in [0.15, 0.2) is 11.6 Å². The van der Waals surface area contributed by atoms with E-state index < -0.39 is 11.6 Å². The van der Waals surface area contributed by atoms with Crippen LogP contribution in [0.4, 0.5) is 8.78 Å². The first-order chi connectivity index (χ1) is 9.66. The van der Waals surface area contributed by atoms with Crippen LogP contribution in [0.2, 0.25) is 0 Å². The summed E-state index contributed by atoms with van der Waals surface area (Å²) in [6, 6.07) is 13.0. The van der Waals surface area contributed by atoms with Crippen LogP contribution in [-0.2, 0) is 13.0 Å². The number of benzene rings is 2. The molecule has 0 bridgehead atoms. The zero-order valence-corrected chi connectivity index (χ0v) is 11.4. The van der Waals surface area contributed by atoms with E-state index in [1.54, 1.807) is 12.1 Å². The van der Waals surface area contributed by atoms with E-state index in [0.29, 0.717) is 12.1 Å². The molecule has 1 atom stereocenters. The third-order valence-electron chi connectivity index (χ3n) is 4.08. The molecule has 104 valence electrons. The van der Waals surface area contributed by atoms with E-state index in [1.807, 2.05) is 19.2 Å². The maximum absolute atomic E-state index is 13.7. The van der Waals surface area contributed by atoms with Crippen LogP contribution in [-0.4, -0.2) is 11.9 Å². The van der Waals surface area contributed by atoms with Crippen molar-refractivity contribution < 1.29 is 8.78 Å². The van der Waals surface area contributed by atoms with Gasteiger partial charge in [0.2, 0.25) is 0 Å². The molecule has 0 aliphatic heterocycles. The van der Waals surface area contributed by atoms with Crippen LogP contribution >= 0.6 is 0 Å². The second kappa shape index (κ2) is 5.33. The molecule has 0 saturated heterocycles. The number of hydrogen-bond donors (Lipinski definition) is 0. The van der Waals surface area contributed by atoms with E-state index in [4.69, 9.17) is 0 Å². The minimum absolute atomic E-state index is 0.286. The summed E-state index contributed by atoms with van der Waals surface area (Å²) in [5.74, 6) is -1.51. The molecular weight excluding hydrogens is 256 g/mol. The summed E-state index contributed by atoms with van der Waals surface area (Å²) in [5.41, 5.74) is 3.09. The molecule has 1 aliphatic carbocycles. The number of fused-ring (bicyclic) bond motifs is 1. The van der Waals surface area contributed by atoms with Crippen LogP contribution in [0, 0.1) is 11.6 Å². The van der Waals surface area contributed by atoms with Crippen molar-refractivity contribution >= 4 is 0 Å². The third-order valence-corrected chi connectivity index (χ3v) is 4.08. The van der Waals surface area contributed by atoms with Gasteiger partial charge in [-0.2, -0.15) is 0 Å². The second-order valence-corrected chi connectivity index (χ2v) is 5.38. The quantitative estimate of drug-likeness (QED) is 0.814. The molecule has 1 aliphatic rings. The van der Waals surface area contributed by atoms with Gasteiger partial charge < -0.3 is 0 Å². The van der Waals surface area contributed by atoms with Crippen LogP contribution in [0.15, 0.2) is 42.5 Å². The third kappa shape index (κ3) is 2.34. The van der Waals surface area contributed by atoms with Gasteiger partial charge in [0.05, 0.1) is 0 Å². The monoisotopic (exact) mass is 273 g/mol. The van der Waals surface area contributed by atoms with Crippen LogP contribution in [0.3, 0.4) is 0 Å². The van der Waals surface area contributed by atoms with Crippen molar-refractivity contribution in [2.24, 2.45) is 0 Å². The van der Waals surface area contributed by atoms with Gasteiger partial charge in [-0.05, 0) is 37.1 Å². The molecule has 1 nitrogen and oxygen atoms in total. The lowest BCUT2D eigenvalue weighted by Crippen LogP contribution is -2.23. The van der Waals surface area contributed by atoms with Crippen molar-refractivity contribution in [1.82, 2.24) is 4.90 Å². The molecule has 0 radical (unpaired) electrons. The number of halogens is 2. The molecule has 20 heavy (non-hydrogen) atoms. The lowest BCUT2D eigenvalue weighted by molar-refractivity contribution is 0.232. The fraction of sp³-hybridized carbons (Fsp3) is 0.294.